The molecule has 3 rings (SSSR count). The number of amides is 1. The molecule has 1 amide bonds. The van der Waals surface area contributed by atoms with Gasteiger partial charge in [-0.05, 0) is 62.4 Å². The third-order valence-corrected chi connectivity index (χ3v) is 7.61. The van der Waals surface area contributed by atoms with Crippen LogP contribution in [-0.2, 0) is 9.59 Å². The van der Waals surface area contributed by atoms with Crippen molar-refractivity contribution in [2.45, 2.75) is 57.0 Å². The zero-order valence-corrected chi connectivity index (χ0v) is 21.4. The number of nitrogens with zero attached hydrogens (tertiary/aromatic N) is 2. The summed E-state index contributed by atoms with van der Waals surface area (Å²) in [5.74, 6) is 1.59. The summed E-state index contributed by atoms with van der Waals surface area (Å²) in [5.41, 5.74) is 1.09. The van der Waals surface area contributed by atoms with Crippen molar-refractivity contribution in [2.24, 2.45) is 5.92 Å². The fraction of sp³-hybridized carbons (Fsp3) is 0.680. The maximum Gasteiger partial charge on any atom is 0.234 e. The van der Waals surface area contributed by atoms with E-state index >= 15 is 0 Å². The number of halogens is 1. The first-order valence-corrected chi connectivity index (χ1v) is 13.5. The minimum Gasteiger partial charge on any atom is -0.354 e. The molecule has 8 heteroatoms. The van der Waals surface area contributed by atoms with Crippen LogP contribution in [0.5, 0.6) is 0 Å². The lowest BCUT2D eigenvalue weighted by Gasteiger charge is -2.44. The Morgan fingerprint density at radius 1 is 1.15 bits per heavy atom. The third kappa shape index (κ3) is 6.96. The number of Topliss-reactive ketones (excluding diaryl/α,β-unsaturated/α-hetero) is 1. The molecule has 0 spiro atoms. The summed E-state index contributed by atoms with van der Waals surface area (Å²) in [6.07, 6.45) is 4.60. The molecule has 33 heavy (non-hydrogen) atoms. The van der Waals surface area contributed by atoms with Crippen molar-refractivity contribution >= 4 is 36.9 Å². The van der Waals surface area contributed by atoms with E-state index in [1.54, 1.807) is 0 Å². The van der Waals surface area contributed by atoms with Gasteiger partial charge >= 0.3 is 0 Å². The molecule has 2 bridgehead atoms. The van der Waals surface area contributed by atoms with Gasteiger partial charge in [0.15, 0.2) is 0 Å². The quantitative estimate of drug-likeness (QED) is 0.367. The number of carbonyl (C=O) groups excluding carboxylic acids is 2. The molecule has 0 radical (unpaired) electrons. The molecule has 2 aliphatic heterocycles. The average Bonchev–Trinajstić information content (AvgIpc) is 3.08. The van der Waals surface area contributed by atoms with Crippen LogP contribution in [0.2, 0.25) is 0 Å². The van der Waals surface area contributed by atoms with E-state index in [1.165, 1.54) is 12.1 Å². The first kappa shape index (κ1) is 26.5. The first-order chi connectivity index (χ1) is 16.0. The Morgan fingerprint density at radius 2 is 1.91 bits per heavy atom. The van der Waals surface area contributed by atoms with Crippen LogP contribution in [0.1, 0.15) is 50.5 Å². The molecule has 1 unspecified atom stereocenters. The van der Waals surface area contributed by atoms with Gasteiger partial charge in [-0.25, -0.2) is 4.39 Å². The molecule has 2 heterocycles. The smallest absolute Gasteiger partial charge is 0.234 e. The second kappa shape index (κ2) is 13.1. The van der Waals surface area contributed by atoms with Crippen LogP contribution in [0.25, 0.3) is 0 Å². The van der Waals surface area contributed by atoms with E-state index in [0.717, 1.165) is 50.9 Å². The van der Waals surface area contributed by atoms with E-state index in [4.69, 9.17) is 0 Å². The van der Waals surface area contributed by atoms with Gasteiger partial charge in [-0.2, -0.15) is 25.3 Å². The molecule has 1 aromatic rings. The molecule has 5 nitrogen and oxygen atoms in total. The highest BCUT2D eigenvalue weighted by Gasteiger charge is 2.49. The molecule has 2 aliphatic rings. The summed E-state index contributed by atoms with van der Waals surface area (Å²) in [6, 6.07) is 7.46. The predicted octanol–water partition coefficient (Wildman–Crippen LogP) is 3.41. The fourth-order valence-electron chi connectivity index (χ4n) is 5.73. The largest absolute Gasteiger partial charge is 0.354 e. The zero-order chi connectivity index (χ0) is 23.8. The van der Waals surface area contributed by atoms with Crippen LogP contribution in [0.15, 0.2) is 24.3 Å². The Bertz CT molecular complexity index is 779. The number of hydrogen-bond donors (Lipinski definition) is 3. The monoisotopic (exact) mass is 495 g/mol. The molecule has 4 atom stereocenters. The van der Waals surface area contributed by atoms with Crippen molar-refractivity contribution in [3.63, 3.8) is 0 Å². The lowest BCUT2D eigenvalue weighted by Crippen LogP contribution is -2.51. The number of fused-ring (bicyclic) bond motifs is 2. The summed E-state index contributed by atoms with van der Waals surface area (Å²) < 4.78 is 13.5. The van der Waals surface area contributed by atoms with Crippen molar-refractivity contribution in [3.05, 3.63) is 35.6 Å². The molecular weight excluding hydrogens is 457 g/mol. The zero-order valence-electron chi connectivity index (χ0n) is 19.6. The highest BCUT2D eigenvalue weighted by atomic mass is 32.1. The lowest BCUT2D eigenvalue weighted by molar-refractivity contribution is -0.127. The number of ketones is 1. The van der Waals surface area contributed by atoms with Crippen LogP contribution in [0, 0.1) is 11.7 Å². The third-order valence-electron chi connectivity index (χ3n) is 7.19. The summed E-state index contributed by atoms with van der Waals surface area (Å²) >= 11 is 8.49. The number of thiol groups is 2. The number of benzene rings is 1. The molecule has 2 fully saturated rings. The average molecular weight is 496 g/mol. The second-order valence-corrected chi connectivity index (χ2v) is 10.1. The van der Waals surface area contributed by atoms with Gasteiger partial charge in [-0.15, -0.1) is 0 Å². The summed E-state index contributed by atoms with van der Waals surface area (Å²) in [6.45, 7) is 5.44. The number of rotatable bonds is 13. The predicted molar refractivity (Wildman–Crippen MR) is 138 cm³/mol. The summed E-state index contributed by atoms with van der Waals surface area (Å²) in [7, 11) is 0. The van der Waals surface area contributed by atoms with E-state index in [1.807, 2.05) is 19.1 Å². The van der Waals surface area contributed by atoms with Crippen molar-refractivity contribution in [1.29, 1.82) is 0 Å². The molecular formula is C25H38FN3O2S2. The normalized spacial score (nSPS) is 24.9. The maximum atomic E-state index is 13.5. The molecule has 1 aromatic carbocycles. The fourth-order valence-corrected chi connectivity index (χ4v) is 6.13. The van der Waals surface area contributed by atoms with E-state index in [-0.39, 0.29) is 29.6 Å². The first-order valence-electron chi connectivity index (χ1n) is 12.2. The number of nitrogens with one attached hydrogen (secondary N) is 1. The Labute approximate surface area is 208 Å². The Balaban J connectivity index is 1.63. The van der Waals surface area contributed by atoms with Gasteiger partial charge in [0.05, 0.1) is 6.54 Å². The van der Waals surface area contributed by atoms with Crippen LogP contribution in [0.3, 0.4) is 0 Å². The van der Waals surface area contributed by atoms with Crippen molar-refractivity contribution in [2.75, 3.05) is 44.2 Å². The topological polar surface area (TPSA) is 52.7 Å². The highest BCUT2D eigenvalue weighted by molar-refractivity contribution is 7.80. The molecule has 1 N–H and O–H groups in total. The van der Waals surface area contributed by atoms with Gasteiger partial charge in [-0.1, -0.05) is 19.1 Å². The van der Waals surface area contributed by atoms with Gasteiger partial charge < -0.3 is 5.32 Å². The summed E-state index contributed by atoms with van der Waals surface area (Å²) in [4.78, 5) is 29.9. The molecule has 2 saturated heterocycles. The Hall–Kier alpha value is -1.09. The minimum atomic E-state index is -0.234. The molecule has 184 valence electrons. The van der Waals surface area contributed by atoms with Crippen LogP contribution in [-0.4, -0.2) is 77.8 Å². The van der Waals surface area contributed by atoms with E-state index in [2.05, 4.69) is 40.4 Å². The number of hydrogen-bond acceptors (Lipinski definition) is 6. The Kier molecular flexibility index (Phi) is 10.5. The van der Waals surface area contributed by atoms with Gasteiger partial charge in [0.25, 0.3) is 0 Å². The van der Waals surface area contributed by atoms with Gasteiger partial charge in [0.1, 0.15) is 11.6 Å². The minimum absolute atomic E-state index is 0.0274. The van der Waals surface area contributed by atoms with Gasteiger partial charge in [-0.3, -0.25) is 19.4 Å². The number of carbonyl (C=O) groups is 2. The van der Waals surface area contributed by atoms with E-state index < -0.39 is 0 Å². The second-order valence-electron chi connectivity index (χ2n) is 9.20. The highest BCUT2D eigenvalue weighted by Crippen LogP contribution is 2.47. The molecule has 0 aliphatic carbocycles. The van der Waals surface area contributed by atoms with E-state index in [0.29, 0.717) is 42.8 Å². The van der Waals surface area contributed by atoms with Crippen LogP contribution < -0.4 is 5.32 Å². The van der Waals surface area contributed by atoms with Crippen molar-refractivity contribution in [1.82, 2.24) is 15.1 Å². The van der Waals surface area contributed by atoms with Crippen molar-refractivity contribution < 1.29 is 14.0 Å². The summed E-state index contributed by atoms with van der Waals surface area (Å²) in [5, 5.41) is 2.88. The van der Waals surface area contributed by atoms with Crippen molar-refractivity contribution in [3.8, 4) is 0 Å². The standard InChI is InChI=1S/C25H38FN3O2S2/c1-2-23(30)25-21(18-4-6-19(26)7-5-18)16-20-8-9-22(25)29(20)12-3-11-28(13-15-33)17-24(31)27-10-14-32/h4-7,20-22,25,32-33H,2-3,8-17H2,1H3,(H,27,31)/t20?,21-,22-,25+/m1/s1. The Morgan fingerprint density at radius 3 is 2.58 bits per heavy atom. The van der Waals surface area contributed by atoms with E-state index in [9.17, 15) is 14.0 Å². The SMILES string of the molecule is CCC(=O)[C@H]1[C@@H](c2ccc(F)cc2)CC2CC[C@H]1N2CCCN(CCS)CC(=O)NCCS. The van der Waals surface area contributed by atoms with Crippen LogP contribution >= 0.6 is 25.3 Å². The maximum absolute atomic E-state index is 13.5. The van der Waals surface area contributed by atoms with Gasteiger partial charge in [0.2, 0.25) is 5.91 Å². The molecule has 0 aromatic heterocycles. The molecule has 0 saturated carbocycles. The number of piperidine rings is 1. The lowest BCUT2D eigenvalue weighted by atomic mass is 9.73. The van der Waals surface area contributed by atoms with Gasteiger partial charge in [0, 0.05) is 49.0 Å². The van der Waals surface area contributed by atoms with Crippen LogP contribution in [0.4, 0.5) is 4.39 Å².